The summed E-state index contributed by atoms with van der Waals surface area (Å²) >= 11 is 0. The first-order chi connectivity index (χ1) is 30.8. The molecule has 17 nitrogen and oxygen atoms in total. The van der Waals surface area contributed by atoms with Crippen molar-refractivity contribution in [3.05, 3.63) is 65.9 Å². The topological polar surface area (TPSA) is 202 Å². The van der Waals surface area contributed by atoms with Gasteiger partial charge in [-0.1, -0.05) is 52.3 Å². The summed E-state index contributed by atoms with van der Waals surface area (Å²) in [7, 11) is 5.68. The zero-order valence-electron chi connectivity index (χ0n) is 38.1. The molecule has 0 radical (unpaired) electrons. The number of aromatic nitrogens is 4. The highest BCUT2D eigenvalue weighted by Crippen LogP contribution is 2.43. The predicted octanol–water partition coefficient (Wildman–Crippen LogP) is 6.72. The Morgan fingerprint density at radius 3 is 2.38 bits per heavy atom. The molecule has 4 amide bonds. The van der Waals surface area contributed by atoms with Crippen LogP contribution in [0, 0.1) is 17.8 Å². The van der Waals surface area contributed by atoms with Crippen LogP contribution in [0.15, 0.2) is 48.7 Å². The summed E-state index contributed by atoms with van der Waals surface area (Å²) in [4.78, 5) is 72.7. The van der Waals surface area contributed by atoms with Crippen LogP contribution in [0.25, 0.3) is 44.2 Å². The Bertz CT molecular complexity index is 2500. The first-order valence-electron chi connectivity index (χ1n) is 21.8. The number of nitrogens with zero attached hydrogens (tertiary/aromatic N) is 4. The molecular weight excluding hydrogens is 821 g/mol. The highest BCUT2D eigenvalue weighted by atomic mass is 16.5. The normalized spacial score (nSPS) is 17.6. The van der Waals surface area contributed by atoms with Gasteiger partial charge in [0.25, 0.3) is 0 Å². The van der Waals surface area contributed by atoms with Gasteiger partial charge >= 0.3 is 12.2 Å². The molecule has 0 saturated carbocycles. The van der Waals surface area contributed by atoms with Crippen molar-refractivity contribution in [1.82, 2.24) is 40.4 Å². The summed E-state index contributed by atoms with van der Waals surface area (Å²) in [6.45, 7) is 11.7. The molecule has 3 aromatic carbocycles. The van der Waals surface area contributed by atoms with E-state index in [0.29, 0.717) is 50.8 Å². The third-order valence-corrected chi connectivity index (χ3v) is 12.4. The summed E-state index contributed by atoms with van der Waals surface area (Å²) < 4.78 is 27.1. The summed E-state index contributed by atoms with van der Waals surface area (Å²) in [5.41, 5.74) is 6.36. The Hall–Kier alpha value is -6.20. The Kier molecular flexibility index (Phi) is 14.1. The van der Waals surface area contributed by atoms with Gasteiger partial charge in [-0.3, -0.25) is 9.59 Å². The van der Waals surface area contributed by atoms with Crippen molar-refractivity contribution in [2.24, 2.45) is 17.8 Å². The number of amides is 4. The number of likely N-dealkylation sites (tertiary alicyclic amines) is 1. The molecule has 1 fully saturated rings. The van der Waals surface area contributed by atoms with E-state index in [2.05, 4.69) is 55.9 Å². The van der Waals surface area contributed by atoms with Gasteiger partial charge < -0.3 is 54.1 Å². The maximum absolute atomic E-state index is 14.1. The zero-order chi connectivity index (χ0) is 45.8. The average Bonchev–Trinajstić information content (AvgIpc) is 4.07. The quantitative estimate of drug-likeness (QED) is 0.0820. The smallest absolute Gasteiger partial charge is 0.407 e. The van der Waals surface area contributed by atoms with Crippen molar-refractivity contribution in [2.75, 3.05) is 48.1 Å². The third-order valence-electron chi connectivity index (χ3n) is 12.4. The molecular formula is C47H60N8O9. The first kappa shape index (κ1) is 45.8. The number of methoxy groups -OCH3 is 4. The van der Waals surface area contributed by atoms with Gasteiger partial charge in [0.15, 0.2) is 0 Å². The molecule has 342 valence electrons. The zero-order valence-corrected chi connectivity index (χ0v) is 38.1. The van der Waals surface area contributed by atoms with Crippen molar-refractivity contribution in [3.63, 3.8) is 0 Å². The van der Waals surface area contributed by atoms with E-state index in [1.165, 1.54) is 21.3 Å². The molecule has 0 bridgehead atoms. The van der Waals surface area contributed by atoms with E-state index in [0.717, 1.165) is 55.5 Å². The Labute approximate surface area is 372 Å². The standard InChI is InChI=1S/C47H60N8O9/c1-10-26(4)40(52-46(58)62-8)44(56)54(20-25(2)3)22-39-48-19-36(49-39)30-11-13-32-31(16-30)24-64-38-18-33-29(17-34(32)38)12-14-35-42(33)51-43(50-35)37-15-28(23-60-6)21-55(37)45(57)41(27(5)61-7)53-47(59)63-9/h11-14,16-19,25-28,37,40-41H,10,15,20-24H2,1-9H3,(H,48,49)(H,50,51)(H,52,58)(H,53,59)/t26-,27+,28-,37-,40-,41-/m0/s1. The highest BCUT2D eigenvalue weighted by molar-refractivity contribution is 6.07. The van der Waals surface area contributed by atoms with Crippen LogP contribution in [0.4, 0.5) is 9.59 Å². The number of ether oxygens (including phenoxy) is 5. The molecule has 0 spiro atoms. The molecule has 1 saturated heterocycles. The first-order valence-corrected chi connectivity index (χ1v) is 21.8. The third kappa shape index (κ3) is 9.50. The molecule has 7 rings (SSSR count). The Morgan fingerprint density at radius 1 is 0.938 bits per heavy atom. The molecule has 0 aliphatic carbocycles. The molecule has 5 aromatic rings. The fourth-order valence-electron chi connectivity index (χ4n) is 8.80. The molecule has 2 aliphatic rings. The van der Waals surface area contributed by atoms with Gasteiger partial charge in [-0.15, -0.1) is 0 Å². The van der Waals surface area contributed by atoms with Crippen LogP contribution in [-0.4, -0.2) is 120 Å². The number of fused-ring (bicyclic) bond motifs is 6. The SMILES string of the molecule is CC[C@H](C)[C@H](NC(=O)OC)C(=O)N(Cc1ncc(-c2ccc3c(c2)COc2cc4c(ccc5[nH]c([C@@H]6C[C@H](COC)CN6C(=O)[C@@H](NC(=O)OC)[C@@H](C)OC)nc54)cc2-3)[nH]1)CC(C)C. The lowest BCUT2D eigenvalue weighted by atomic mass is 9.92. The van der Waals surface area contributed by atoms with Crippen LogP contribution in [0.2, 0.25) is 0 Å². The second kappa shape index (κ2) is 19.7. The highest BCUT2D eigenvalue weighted by Gasteiger charge is 2.42. The van der Waals surface area contributed by atoms with Gasteiger partial charge in [0, 0.05) is 44.2 Å². The molecule has 2 aromatic heterocycles. The molecule has 6 atom stereocenters. The minimum atomic E-state index is -0.972. The van der Waals surface area contributed by atoms with E-state index in [9.17, 15) is 19.2 Å². The Morgan fingerprint density at radius 2 is 1.69 bits per heavy atom. The maximum atomic E-state index is 14.1. The lowest BCUT2D eigenvalue weighted by molar-refractivity contribution is -0.138. The maximum Gasteiger partial charge on any atom is 0.407 e. The fraction of sp³-hybridized carbons (Fsp3) is 0.489. The number of carbonyl (C=O) groups is 4. The van der Waals surface area contributed by atoms with E-state index in [-0.39, 0.29) is 36.1 Å². The van der Waals surface area contributed by atoms with E-state index in [1.807, 2.05) is 39.8 Å². The molecule has 2 aliphatic heterocycles. The van der Waals surface area contributed by atoms with Gasteiger partial charge in [0.1, 0.15) is 36.1 Å². The van der Waals surface area contributed by atoms with E-state index >= 15 is 0 Å². The minimum absolute atomic E-state index is 0.0539. The summed E-state index contributed by atoms with van der Waals surface area (Å²) in [6, 6.07) is 12.4. The van der Waals surface area contributed by atoms with Crippen molar-refractivity contribution < 1.29 is 42.9 Å². The average molecular weight is 881 g/mol. The molecule has 4 N–H and O–H groups in total. The lowest BCUT2D eigenvalue weighted by Gasteiger charge is -2.31. The van der Waals surface area contributed by atoms with Crippen LogP contribution in [0.5, 0.6) is 5.75 Å². The summed E-state index contributed by atoms with van der Waals surface area (Å²) in [6.07, 6.45) is 1.12. The molecule has 64 heavy (non-hydrogen) atoms. The number of hydrogen-bond donors (Lipinski definition) is 4. The summed E-state index contributed by atoms with van der Waals surface area (Å²) in [5, 5.41) is 7.29. The minimum Gasteiger partial charge on any atom is -0.488 e. The van der Waals surface area contributed by atoms with Crippen molar-refractivity contribution in [2.45, 2.75) is 84.8 Å². The number of carbonyl (C=O) groups excluding carboxylic acids is 4. The summed E-state index contributed by atoms with van der Waals surface area (Å²) in [5.74, 6) is 1.67. The van der Waals surface area contributed by atoms with Gasteiger partial charge in [0.2, 0.25) is 11.8 Å². The number of imidazole rings is 2. The number of aromatic amines is 2. The van der Waals surface area contributed by atoms with E-state index < -0.39 is 36.4 Å². The van der Waals surface area contributed by atoms with Crippen LogP contribution >= 0.6 is 0 Å². The van der Waals surface area contributed by atoms with Gasteiger partial charge in [-0.25, -0.2) is 19.6 Å². The van der Waals surface area contributed by atoms with Gasteiger partial charge in [-0.05, 0) is 71.5 Å². The Balaban J connectivity index is 1.14. The van der Waals surface area contributed by atoms with Gasteiger partial charge in [0.05, 0.1) is 62.4 Å². The molecule has 4 heterocycles. The number of benzene rings is 3. The number of H-pyrrole nitrogens is 2. The second-order valence-electron chi connectivity index (χ2n) is 17.3. The second-order valence-corrected chi connectivity index (χ2v) is 17.3. The van der Waals surface area contributed by atoms with Crippen molar-refractivity contribution in [1.29, 1.82) is 0 Å². The van der Waals surface area contributed by atoms with Crippen molar-refractivity contribution in [3.8, 4) is 28.1 Å². The van der Waals surface area contributed by atoms with Crippen LogP contribution in [0.1, 0.15) is 70.7 Å². The number of rotatable bonds is 16. The van der Waals surface area contributed by atoms with E-state index in [1.54, 1.807) is 30.0 Å². The van der Waals surface area contributed by atoms with Crippen LogP contribution in [0.3, 0.4) is 0 Å². The fourth-order valence-corrected chi connectivity index (χ4v) is 8.80. The predicted molar refractivity (Wildman–Crippen MR) is 240 cm³/mol. The molecule has 17 heteroatoms. The number of nitrogens with one attached hydrogen (secondary N) is 4. The van der Waals surface area contributed by atoms with E-state index in [4.69, 9.17) is 28.7 Å². The van der Waals surface area contributed by atoms with Crippen molar-refractivity contribution >= 4 is 45.8 Å². The van der Waals surface area contributed by atoms with Crippen LogP contribution in [-0.2, 0) is 41.7 Å². The lowest BCUT2D eigenvalue weighted by Crippen LogP contribution is -2.54. The monoisotopic (exact) mass is 880 g/mol. The molecule has 0 unspecified atom stereocenters. The number of alkyl carbamates (subject to hydrolysis) is 2. The largest absolute Gasteiger partial charge is 0.488 e. The van der Waals surface area contributed by atoms with Gasteiger partial charge in [-0.2, -0.15) is 0 Å². The van der Waals surface area contributed by atoms with Crippen LogP contribution < -0.4 is 15.4 Å². The number of hydrogen-bond acceptors (Lipinski definition) is 11.